The minimum atomic E-state index is -4.82. The van der Waals surface area contributed by atoms with E-state index in [0.717, 1.165) is 160 Å². The van der Waals surface area contributed by atoms with Gasteiger partial charge >= 0.3 is 6.18 Å². The van der Waals surface area contributed by atoms with Gasteiger partial charge in [0.15, 0.2) is 0 Å². The molecule has 0 aliphatic rings. The van der Waals surface area contributed by atoms with Gasteiger partial charge in [-0.15, -0.1) is 0 Å². The Morgan fingerprint density at radius 1 is 0.221 bits per heavy atom. The van der Waals surface area contributed by atoms with E-state index in [-0.39, 0.29) is 16.7 Å². The van der Waals surface area contributed by atoms with Crippen molar-refractivity contribution in [2.24, 2.45) is 0 Å². The molecule has 6 heterocycles. The van der Waals surface area contributed by atoms with Gasteiger partial charge in [-0.2, -0.15) is 23.7 Å². The summed E-state index contributed by atoms with van der Waals surface area (Å²) in [5, 5.41) is 34.1. The number of hydrogen-bond acceptors (Lipinski definition) is 2. The van der Waals surface area contributed by atoms with Crippen LogP contribution in [0.15, 0.2) is 322 Å². The monoisotopic (exact) mass is 1340 g/mol. The quantitative estimate of drug-likeness (QED) is 0.152. The summed E-state index contributed by atoms with van der Waals surface area (Å²) in [4.78, 5) is 0. The average molecular weight is 1340 g/mol. The molecule has 0 saturated carbocycles. The first-order valence-electron chi connectivity index (χ1n) is 34.6. The molecule has 0 aliphatic carbocycles. The highest BCUT2D eigenvalue weighted by atomic mass is 19.4. The number of nitriles is 2. The van der Waals surface area contributed by atoms with Crippen molar-refractivity contribution >= 4 is 131 Å². The van der Waals surface area contributed by atoms with Crippen LogP contribution >= 0.6 is 0 Å². The number of para-hydroxylation sites is 8. The third-order valence-corrected chi connectivity index (χ3v) is 21.5. The molecule has 21 rings (SSSR count). The molecule has 0 radical (unpaired) electrons. The Bertz CT molecular complexity index is 6840. The summed E-state index contributed by atoms with van der Waals surface area (Å²) in [6.45, 7) is 0. The van der Waals surface area contributed by atoms with Crippen LogP contribution in [0, 0.1) is 22.7 Å². The molecule has 6 aromatic heterocycles. The number of nitrogens with zero attached hydrogens (tertiary/aromatic N) is 8. The zero-order chi connectivity index (χ0) is 69.2. The minimum Gasteiger partial charge on any atom is -0.309 e. The summed E-state index contributed by atoms with van der Waals surface area (Å²) in [6.07, 6.45) is -4.82. The van der Waals surface area contributed by atoms with Crippen molar-refractivity contribution in [2.45, 2.75) is 6.18 Å². The van der Waals surface area contributed by atoms with Crippen LogP contribution in [0.5, 0.6) is 0 Å². The van der Waals surface area contributed by atoms with Gasteiger partial charge in [-0.3, -0.25) is 0 Å². The van der Waals surface area contributed by atoms with E-state index in [1.54, 1.807) is 12.1 Å². The van der Waals surface area contributed by atoms with Crippen LogP contribution in [0.1, 0.15) is 16.7 Å². The second-order valence-corrected chi connectivity index (χ2v) is 26.9. The first-order chi connectivity index (χ1) is 51.1. The summed E-state index contributed by atoms with van der Waals surface area (Å²) in [5.41, 5.74) is 17.8. The Labute approximate surface area is 591 Å². The van der Waals surface area contributed by atoms with E-state index in [2.05, 4.69) is 300 Å². The SMILES string of the molecule is N#Cc1ccc(-c2cc(-c3ccc(C#N)cc3C(F)(F)F)ccc2-n2c3ccc(-n4c5ccccc5c5ccccc54)cc3c3cc(-n4c5ccccc5c5ccccc54)ccc32)c(-n2c3ccc(-n4c5ccccc5c5ccccc54)cc3c3cc(-n4c5ccccc5c5ccccc54)ccc32)c1. The van der Waals surface area contributed by atoms with Crippen LogP contribution in [0.3, 0.4) is 0 Å². The van der Waals surface area contributed by atoms with Crippen molar-refractivity contribution in [2.75, 3.05) is 0 Å². The van der Waals surface area contributed by atoms with Gasteiger partial charge in [-0.05, 0) is 169 Å². The number of alkyl halides is 3. The predicted molar refractivity (Wildman–Crippen MR) is 418 cm³/mol. The average Bonchev–Trinajstić information content (AvgIpc) is 1.60. The summed E-state index contributed by atoms with van der Waals surface area (Å²) in [6, 6.07) is 114. The van der Waals surface area contributed by atoms with E-state index in [1.807, 2.05) is 30.3 Å². The predicted octanol–water partition coefficient (Wildman–Crippen LogP) is 24.4. The van der Waals surface area contributed by atoms with Crippen LogP contribution in [0.2, 0.25) is 0 Å². The molecule has 0 N–H and O–H groups in total. The van der Waals surface area contributed by atoms with Gasteiger partial charge in [0.25, 0.3) is 0 Å². The standard InChI is InChI=1S/C93H53F3N8/c94-93(95,96)78-47-56(54-97)33-40-63(78)58-35-42-87(103-88-43-36-59(99-79-25-9-1-17-64(79)65-18-2-10-26-80(65)99)50-74(88)75-51-60(37-44-89(75)103)100-81-27-11-3-19-66(81)67-20-4-12-28-82(67)100)73(49-58)72-41-34-57(55-98)48-92(72)104-90-45-38-61(101-83-29-13-5-21-68(83)69-22-6-14-30-84(69)101)52-76(90)77-53-62(39-46-91(77)104)102-85-31-15-7-23-70(85)71-24-8-16-32-86(71)102/h1-53H. The van der Waals surface area contributed by atoms with Crippen LogP contribution in [0.4, 0.5) is 13.2 Å². The van der Waals surface area contributed by atoms with Gasteiger partial charge in [0, 0.05) is 98.5 Å². The van der Waals surface area contributed by atoms with Crippen molar-refractivity contribution in [3.05, 3.63) is 338 Å². The molecule has 0 amide bonds. The second-order valence-electron chi connectivity index (χ2n) is 26.9. The molecular weight excluding hydrogens is 1290 g/mol. The first kappa shape index (κ1) is 58.8. The molecule has 8 nitrogen and oxygen atoms in total. The molecule has 104 heavy (non-hydrogen) atoms. The number of benzene rings is 15. The van der Waals surface area contributed by atoms with Gasteiger partial charge < -0.3 is 27.4 Å². The van der Waals surface area contributed by atoms with Gasteiger partial charge in [0.2, 0.25) is 0 Å². The Hall–Kier alpha value is -14.1. The van der Waals surface area contributed by atoms with Crippen LogP contribution in [0.25, 0.3) is 187 Å². The largest absolute Gasteiger partial charge is 0.417 e. The zero-order valence-electron chi connectivity index (χ0n) is 55.3. The molecule has 0 bridgehead atoms. The number of rotatable bonds is 8. The number of aromatic nitrogens is 6. The van der Waals surface area contributed by atoms with E-state index in [1.165, 1.54) is 12.1 Å². The maximum atomic E-state index is 15.8. The highest BCUT2D eigenvalue weighted by Crippen LogP contribution is 2.48. The Morgan fingerprint density at radius 2 is 0.500 bits per heavy atom. The summed E-state index contributed by atoms with van der Waals surface area (Å²) in [5.74, 6) is 0. The van der Waals surface area contributed by atoms with Crippen LogP contribution in [-0.4, -0.2) is 27.4 Å². The summed E-state index contributed by atoms with van der Waals surface area (Å²) >= 11 is 0. The fourth-order valence-electron chi connectivity index (χ4n) is 17.1. The molecule has 11 heteroatoms. The maximum Gasteiger partial charge on any atom is 0.417 e. The summed E-state index contributed by atoms with van der Waals surface area (Å²) < 4.78 is 61.1. The molecule has 0 fully saturated rings. The van der Waals surface area contributed by atoms with Crippen molar-refractivity contribution < 1.29 is 13.2 Å². The van der Waals surface area contributed by atoms with Gasteiger partial charge in [0.1, 0.15) is 0 Å². The lowest BCUT2D eigenvalue weighted by Crippen LogP contribution is -2.08. The Morgan fingerprint density at radius 3 is 0.808 bits per heavy atom. The van der Waals surface area contributed by atoms with E-state index in [0.29, 0.717) is 28.1 Å². The van der Waals surface area contributed by atoms with Gasteiger partial charge in [0.05, 0.1) is 106 Å². The zero-order valence-corrected chi connectivity index (χ0v) is 55.3. The Kier molecular flexibility index (Phi) is 12.5. The lowest BCUT2D eigenvalue weighted by atomic mass is 9.92. The third kappa shape index (κ3) is 8.53. The topological polar surface area (TPSA) is 77.2 Å². The van der Waals surface area contributed by atoms with Crippen molar-refractivity contribution in [1.29, 1.82) is 10.5 Å². The highest BCUT2D eigenvalue weighted by Gasteiger charge is 2.35. The summed E-state index contributed by atoms with van der Waals surface area (Å²) in [7, 11) is 0. The van der Waals surface area contributed by atoms with Crippen molar-refractivity contribution in [3.8, 4) is 68.5 Å². The normalized spacial score (nSPS) is 12.2. The molecule has 0 aliphatic heterocycles. The number of halogens is 3. The third-order valence-electron chi connectivity index (χ3n) is 21.5. The molecule has 0 spiro atoms. The lowest BCUT2D eigenvalue weighted by molar-refractivity contribution is -0.137. The smallest absolute Gasteiger partial charge is 0.309 e. The van der Waals surface area contributed by atoms with Gasteiger partial charge in [-0.1, -0.05) is 164 Å². The van der Waals surface area contributed by atoms with Crippen LogP contribution in [-0.2, 0) is 6.18 Å². The van der Waals surface area contributed by atoms with E-state index < -0.39 is 11.7 Å². The highest BCUT2D eigenvalue weighted by molar-refractivity contribution is 6.17. The second kappa shape index (κ2) is 22.2. The molecule has 486 valence electrons. The van der Waals surface area contributed by atoms with Crippen molar-refractivity contribution in [1.82, 2.24) is 27.4 Å². The van der Waals surface area contributed by atoms with E-state index >= 15 is 13.2 Å². The maximum absolute atomic E-state index is 15.8. The van der Waals surface area contributed by atoms with E-state index in [4.69, 9.17) is 0 Å². The fourth-order valence-corrected chi connectivity index (χ4v) is 17.1. The molecular formula is C93H53F3N8. The first-order valence-corrected chi connectivity index (χ1v) is 34.6. The minimum absolute atomic E-state index is 0.0830. The molecule has 0 saturated heterocycles. The molecule has 21 aromatic rings. The van der Waals surface area contributed by atoms with Crippen LogP contribution < -0.4 is 0 Å². The molecule has 0 unspecified atom stereocenters. The lowest BCUT2D eigenvalue weighted by Gasteiger charge is -2.21. The van der Waals surface area contributed by atoms with Gasteiger partial charge in [-0.25, -0.2) is 0 Å². The van der Waals surface area contributed by atoms with E-state index in [9.17, 15) is 10.5 Å². The number of hydrogen-bond donors (Lipinski definition) is 0. The molecule has 0 atom stereocenters. The number of fused-ring (bicyclic) bond motifs is 18. The van der Waals surface area contributed by atoms with Crippen molar-refractivity contribution in [3.63, 3.8) is 0 Å². The fraction of sp³-hybridized carbons (Fsp3) is 0.0108. The Balaban J connectivity index is 0.868. The molecule has 15 aromatic carbocycles.